The Labute approximate surface area is 108 Å². The molecule has 0 saturated heterocycles. The molecule has 0 heterocycles. The van der Waals surface area contributed by atoms with E-state index in [1.54, 1.807) is 0 Å². The molecule has 0 saturated carbocycles. The summed E-state index contributed by atoms with van der Waals surface area (Å²) in [7, 11) is 0. The van der Waals surface area contributed by atoms with E-state index in [1.807, 2.05) is 33.7 Å². The summed E-state index contributed by atoms with van der Waals surface area (Å²) in [5.74, 6) is 0. The molecule has 0 bridgehead atoms. The molecule has 0 aromatic rings. The van der Waals surface area contributed by atoms with Crippen LogP contribution in [0.5, 0.6) is 0 Å². The zero-order valence-corrected chi connectivity index (χ0v) is 14.5. The van der Waals surface area contributed by atoms with Crippen molar-refractivity contribution < 1.29 is 0 Å². The van der Waals surface area contributed by atoms with Gasteiger partial charge in [0, 0.05) is 0 Å². The first kappa shape index (κ1) is 15.1. The van der Waals surface area contributed by atoms with E-state index in [0.29, 0.717) is 0 Å². The van der Waals surface area contributed by atoms with Gasteiger partial charge in [0.25, 0.3) is 0 Å². The molecule has 0 aromatic carbocycles. The first-order chi connectivity index (χ1) is 6.91. The second kappa shape index (κ2) is 14.1. The van der Waals surface area contributed by atoms with E-state index in [-0.39, 0.29) is 0 Å². The van der Waals surface area contributed by atoms with Crippen molar-refractivity contribution in [1.82, 2.24) is 0 Å². The van der Waals surface area contributed by atoms with E-state index in [0.717, 1.165) is 0 Å². The van der Waals surface area contributed by atoms with Crippen molar-refractivity contribution in [3.05, 3.63) is 0 Å². The summed E-state index contributed by atoms with van der Waals surface area (Å²) >= 11 is 3.79. The fraction of sp³-hybridized carbons (Fsp3) is 1.00. The van der Waals surface area contributed by atoms with E-state index in [1.165, 1.54) is 74.6 Å². The van der Waals surface area contributed by atoms with Gasteiger partial charge in [0.2, 0.25) is 0 Å². The number of hydrogen-bond acceptors (Lipinski definition) is 0. The van der Waals surface area contributed by atoms with Crippen LogP contribution in [0.25, 0.3) is 0 Å². The molecule has 14 heavy (non-hydrogen) atoms. The van der Waals surface area contributed by atoms with Crippen LogP contribution in [0.3, 0.4) is 0 Å². The monoisotopic (exact) mass is 322 g/mol. The minimum absolute atomic E-state index is 1.44. The average Bonchev–Trinajstić information content (AvgIpc) is 2.21. The summed E-state index contributed by atoms with van der Waals surface area (Å²) in [5, 5.41) is 2.87. The first-order valence-corrected chi connectivity index (χ1v) is 9.74. The molecule has 86 valence electrons. The molecule has 0 aliphatic rings. The van der Waals surface area contributed by atoms with Crippen LogP contribution in [0, 0.1) is 0 Å². The summed E-state index contributed by atoms with van der Waals surface area (Å²) < 4.78 is 0. The van der Waals surface area contributed by atoms with Crippen LogP contribution >= 0.6 is 0 Å². The van der Waals surface area contributed by atoms with Gasteiger partial charge in [0.05, 0.1) is 0 Å². The third-order valence-corrected chi connectivity index (χ3v) is 4.37. The molecule has 0 spiro atoms. The van der Waals surface area contributed by atoms with Crippen molar-refractivity contribution in [2.24, 2.45) is 0 Å². The van der Waals surface area contributed by atoms with Crippen LogP contribution in [-0.2, 0) is 0 Å². The van der Waals surface area contributed by atoms with Crippen molar-refractivity contribution in [3.8, 4) is 0 Å². The summed E-state index contributed by atoms with van der Waals surface area (Å²) in [5.41, 5.74) is 0. The first-order valence-electron chi connectivity index (χ1n) is 6.32. The zero-order valence-electron chi connectivity index (χ0n) is 9.64. The molecule has 0 amide bonds. The second-order valence-corrected chi connectivity index (χ2v) is 6.54. The molecular weight excluding hydrogens is 294 g/mol. The van der Waals surface area contributed by atoms with Crippen molar-refractivity contribution >= 4 is 33.7 Å². The average molecular weight is 322 g/mol. The van der Waals surface area contributed by atoms with Gasteiger partial charge < -0.3 is 0 Å². The molecule has 2 atom stereocenters. The Morgan fingerprint density at radius 3 is 0.786 bits per heavy atom. The maximum atomic E-state index is 1.89. The van der Waals surface area contributed by atoms with E-state index in [9.17, 15) is 0 Å². The molecule has 2 heteroatoms. The predicted octanol–water partition coefficient (Wildman–Crippen LogP) is 2.99. The molecule has 0 radical (unpaired) electrons. The Hall–Kier alpha value is 1.12. The molecule has 0 aliphatic carbocycles. The zero-order chi connectivity index (χ0) is 10.5. The Bertz CT molecular complexity index is 82.3. The third-order valence-electron chi connectivity index (χ3n) is 2.66. The summed E-state index contributed by atoms with van der Waals surface area (Å²) in [4.78, 5) is 0. The molecule has 0 aromatic heterocycles. The topological polar surface area (TPSA) is 0 Å². The van der Waals surface area contributed by atoms with Gasteiger partial charge in [-0.25, -0.2) is 0 Å². The van der Waals surface area contributed by atoms with Crippen molar-refractivity contribution in [2.45, 2.75) is 74.6 Å². The number of unbranched alkanes of at least 4 members (excludes halogenated alkanes) is 9. The SMILES string of the molecule is [AsH2]CCCCCCCCCCCC[AsH2]. The molecule has 0 N–H and O–H groups in total. The molecular formula is C12H28As2. The van der Waals surface area contributed by atoms with Crippen LogP contribution in [0.4, 0.5) is 0 Å². The van der Waals surface area contributed by atoms with Gasteiger partial charge in [-0.3, -0.25) is 0 Å². The van der Waals surface area contributed by atoms with Gasteiger partial charge in [-0.05, 0) is 0 Å². The fourth-order valence-corrected chi connectivity index (χ4v) is 2.91. The van der Waals surface area contributed by atoms with Crippen LogP contribution in [-0.4, -0.2) is 33.7 Å². The van der Waals surface area contributed by atoms with E-state index in [2.05, 4.69) is 0 Å². The quantitative estimate of drug-likeness (QED) is 0.405. The normalized spacial score (nSPS) is 10.7. The molecule has 2 unspecified atom stereocenters. The number of hydrogen-bond donors (Lipinski definition) is 0. The predicted molar refractivity (Wildman–Crippen MR) is 72.9 cm³/mol. The van der Waals surface area contributed by atoms with Gasteiger partial charge in [0.1, 0.15) is 0 Å². The van der Waals surface area contributed by atoms with Gasteiger partial charge in [-0.2, -0.15) is 0 Å². The van der Waals surface area contributed by atoms with E-state index < -0.39 is 0 Å². The van der Waals surface area contributed by atoms with Crippen LogP contribution in [0.15, 0.2) is 0 Å². The van der Waals surface area contributed by atoms with Crippen molar-refractivity contribution in [2.75, 3.05) is 0 Å². The van der Waals surface area contributed by atoms with Crippen molar-refractivity contribution in [1.29, 1.82) is 0 Å². The molecule has 0 fully saturated rings. The molecule has 0 rings (SSSR count). The maximum absolute atomic E-state index is 1.89. The molecule has 0 nitrogen and oxygen atoms in total. The molecule has 0 aliphatic heterocycles. The Balaban J connectivity index is 2.78. The van der Waals surface area contributed by atoms with Crippen LogP contribution < -0.4 is 0 Å². The minimum atomic E-state index is 1.44. The van der Waals surface area contributed by atoms with Gasteiger partial charge in [0.15, 0.2) is 0 Å². The standard InChI is InChI=1S/C12H28As2/c13-11-9-7-5-3-1-2-4-6-8-10-12-14/h1-14H2. The third kappa shape index (κ3) is 13.1. The summed E-state index contributed by atoms with van der Waals surface area (Å²) in [6.07, 6.45) is 14.8. The summed E-state index contributed by atoms with van der Waals surface area (Å²) in [6, 6.07) is 0. The van der Waals surface area contributed by atoms with Crippen LogP contribution in [0.1, 0.15) is 64.2 Å². The van der Waals surface area contributed by atoms with E-state index in [4.69, 9.17) is 0 Å². The second-order valence-electron chi connectivity index (χ2n) is 4.11. The summed E-state index contributed by atoms with van der Waals surface area (Å²) in [6.45, 7) is 0. The van der Waals surface area contributed by atoms with E-state index >= 15 is 0 Å². The van der Waals surface area contributed by atoms with Gasteiger partial charge in [-0.15, -0.1) is 0 Å². The Kier molecular flexibility index (Phi) is 15.2. The van der Waals surface area contributed by atoms with Gasteiger partial charge in [-0.1, -0.05) is 0 Å². The van der Waals surface area contributed by atoms with Gasteiger partial charge >= 0.3 is 108 Å². The Morgan fingerprint density at radius 1 is 0.357 bits per heavy atom. The number of rotatable bonds is 11. The Morgan fingerprint density at radius 2 is 0.571 bits per heavy atom. The van der Waals surface area contributed by atoms with Crippen molar-refractivity contribution in [3.63, 3.8) is 0 Å². The van der Waals surface area contributed by atoms with Crippen LogP contribution in [0.2, 0.25) is 10.4 Å². The fourth-order valence-electron chi connectivity index (χ4n) is 1.70.